The summed E-state index contributed by atoms with van der Waals surface area (Å²) in [4.78, 5) is 17.4. The molecule has 6 rings (SSSR count). The maximum Gasteiger partial charge on any atom is 0.410 e. The van der Waals surface area contributed by atoms with Gasteiger partial charge in [0.15, 0.2) is 0 Å². The smallest absolute Gasteiger partial charge is 0.410 e. The van der Waals surface area contributed by atoms with Gasteiger partial charge in [-0.2, -0.15) is 0 Å². The molecule has 4 aliphatic carbocycles. The van der Waals surface area contributed by atoms with Crippen LogP contribution in [-0.2, 0) is 11.3 Å². The number of ether oxygens (including phenoxy) is 1. The molecule has 0 radical (unpaired) electrons. The van der Waals surface area contributed by atoms with Crippen molar-refractivity contribution < 1.29 is 9.53 Å². The zero-order chi connectivity index (χ0) is 24.3. The molecule has 1 saturated heterocycles. The SMILES string of the molecule is CC1C2CCC3C4CC=C5CC(N(C)C(=O)OCc6ccccc6)CCC5C4CCC32[C@H](C)N1C. The zero-order valence-corrected chi connectivity index (χ0v) is 22.2. The second-order valence-corrected chi connectivity index (χ2v) is 12.6. The lowest BCUT2D eigenvalue weighted by Gasteiger charge is -2.55. The molecule has 9 atom stereocenters. The van der Waals surface area contributed by atoms with Crippen molar-refractivity contribution >= 4 is 6.09 Å². The van der Waals surface area contributed by atoms with Crippen molar-refractivity contribution in [2.24, 2.45) is 35.0 Å². The molecule has 1 aliphatic heterocycles. The third-order valence-electron chi connectivity index (χ3n) is 11.7. The van der Waals surface area contributed by atoms with E-state index in [0.29, 0.717) is 12.0 Å². The largest absolute Gasteiger partial charge is 0.445 e. The molecule has 1 aromatic carbocycles. The number of fused-ring (bicyclic) bond motifs is 4. The molecule has 1 spiro atoms. The molecule has 1 aromatic rings. The van der Waals surface area contributed by atoms with E-state index in [4.69, 9.17) is 4.74 Å². The Balaban J connectivity index is 1.12. The molecule has 0 bridgehead atoms. The fourth-order valence-corrected chi connectivity index (χ4v) is 9.85. The Morgan fingerprint density at radius 1 is 1.06 bits per heavy atom. The molecule has 35 heavy (non-hydrogen) atoms. The first-order valence-corrected chi connectivity index (χ1v) is 14.3. The van der Waals surface area contributed by atoms with Crippen molar-refractivity contribution in [3.05, 3.63) is 47.5 Å². The highest BCUT2D eigenvalue weighted by Crippen LogP contribution is 2.68. The Morgan fingerprint density at radius 3 is 2.63 bits per heavy atom. The molecule has 4 fully saturated rings. The Labute approximate surface area is 212 Å². The van der Waals surface area contributed by atoms with Crippen LogP contribution in [0.25, 0.3) is 0 Å². The van der Waals surface area contributed by atoms with Crippen molar-refractivity contribution in [1.29, 1.82) is 0 Å². The van der Waals surface area contributed by atoms with E-state index in [1.165, 1.54) is 38.5 Å². The summed E-state index contributed by atoms with van der Waals surface area (Å²) in [7, 11) is 4.32. The number of carbonyl (C=O) groups is 1. The Bertz CT molecular complexity index is 975. The van der Waals surface area contributed by atoms with E-state index in [1.807, 2.05) is 42.3 Å². The highest BCUT2D eigenvalue weighted by molar-refractivity contribution is 5.67. The lowest BCUT2D eigenvalue weighted by atomic mass is 9.50. The summed E-state index contributed by atoms with van der Waals surface area (Å²) in [6, 6.07) is 11.7. The van der Waals surface area contributed by atoms with Crippen molar-refractivity contribution in [2.75, 3.05) is 14.1 Å². The van der Waals surface area contributed by atoms with Crippen LogP contribution in [0.1, 0.15) is 70.8 Å². The normalized spacial score (nSPS) is 42.3. The highest BCUT2D eigenvalue weighted by atomic mass is 16.6. The monoisotopic (exact) mass is 476 g/mol. The average Bonchev–Trinajstić information content (AvgIpc) is 3.37. The van der Waals surface area contributed by atoms with Gasteiger partial charge in [0, 0.05) is 25.2 Å². The number of rotatable bonds is 3. The predicted octanol–water partition coefficient (Wildman–Crippen LogP) is 6.52. The summed E-state index contributed by atoms with van der Waals surface area (Å²) in [5, 5.41) is 0. The summed E-state index contributed by atoms with van der Waals surface area (Å²) >= 11 is 0. The third-order valence-corrected chi connectivity index (χ3v) is 11.7. The van der Waals surface area contributed by atoms with Crippen LogP contribution in [0.2, 0.25) is 0 Å². The molecule has 8 unspecified atom stereocenters. The first-order chi connectivity index (χ1) is 16.9. The minimum absolute atomic E-state index is 0.184. The first-order valence-electron chi connectivity index (χ1n) is 14.3. The number of hydrogen-bond acceptors (Lipinski definition) is 3. The van der Waals surface area contributed by atoms with Crippen LogP contribution < -0.4 is 0 Å². The predicted molar refractivity (Wildman–Crippen MR) is 140 cm³/mol. The zero-order valence-electron chi connectivity index (χ0n) is 22.2. The van der Waals surface area contributed by atoms with Gasteiger partial charge in [0.25, 0.3) is 0 Å². The summed E-state index contributed by atoms with van der Waals surface area (Å²) in [6.45, 7) is 5.38. The van der Waals surface area contributed by atoms with E-state index in [0.717, 1.165) is 60.1 Å². The minimum atomic E-state index is -0.184. The van der Waals surface area contributed by atoms with Gasteiger partial charge in [0.05, 0.1) is 0 Å². The summed E-state index contributed by atoms with van der Waals surface area (Å²) in [5.74, 6) is 4.33. The van der Waals surface area contributed by atoms with E-state index in [1.54, 1.807) is 5.57 Å². The van der Waals surface area contributed by atoms with Gasteiger partial charge in [0.2, 0.25) is 0 Å². The van der Waals surface area contributed by atoms with Gasteiger partial charge < -0.3 is 14.5 Å². The van der Waals surface area contributed by atoms with Gasteiger partial charge in [-0.25, -0.2) is 4.79 Å². The van der Waals surface area contributed by atoms with Crippen molar-refractivity contribution in [3.63, 3.8) is 0 Å². The van der Waals surface area contributed by atoms with Crippen molar-refractivity contribution in [2.45, 2.75) is 89.9 Å². The summed E-state index contributed by atoms with van der Waals surface area (Å²) in [6.07, 6.45) is 12.9. The summed E-state index contributed by atoms with van der Waals surface area (Å²) < 4.78 is 5.64. The molecule has 0 N–H and O–H groups in total. The van der Waals surface area contributed by atoms with Crippen molar-refractivity contribution in [1.82, 2.24) is 9.80 Å². The minimum Gasteiger partial charge on any atom is -0.445 e. The topological polar surface area (TPSA) is 32.8 Å². The van der Waals surface area contributed by atoms with Crippen LogP contribution in [0.15, 0.2) is 42.0 Å². The number of likely N-dealkylation sites (tertiary alicyclic amines) is 1. The second kappa shape index (κ2) is 8.94. The standard InChI is InChI=1S/C31H44N2O2/c1-20-28-14-15-29-27-12-10-23-18-24(33(4)30(34)35-19-22-8-6-5-7-9-22)11-13-25(23)26(27)16-17-31(28,29)21(2)32(20)3/h5-10,20-21,24-29H,11-19H2,1-4H3/t20?,21-,24?,25?,26?,27?,28?,29?,31?/m0/s1. The van der Waals surface area contributed by atoms with Crippen molar-refractivity contribution in [3.8, 4) is 0 Å². The van der Waals surface area contributed by atoms with Crippen LogP contribution in [0, 0.1) is 35.0 Å². The Morgan fingerprint density at radius 2 is 1.83 bits per heavy atom. The van der Waals surface area contributed by atoms with E-state index < -0.39 is 0 Å². The molecule has 4 nitrogen and oxygen atoms in total. The molecule has 190 valence electrons. The van der Waals surface area contributed by atoms with E-state index in [9.17, 15) is 4.79 Å². The van der Waals surface area contributed by atoms with E-state index >= 15 is 0 Å². The van der Waals surface area contributed by atoms with E-state index in [2.05, 4.69) is 31.9 Å². The first kappa shape index (κ1) is 23.6. The van der Waals surface area contributed by atoms with Crippen LogP contribution in [0.5, 0.6) is 0 Å². The molecule has 3 saturated carbocycles. The fourth-order valence-electron chi connectivity index (χ4n) is 9.85. The average molecular weight is 477 g/mol. The molecular formula is C31H44N2O2. The molecule has 4 heteroatoms. The number of nitrogens with zero attached hydrogens (tertiary/aromatic N) is 2. The molecular weight excluding hydrogens is 432 g/mol. The van der Waals surface area contributed by atoms with Gasteiger partial charge in [-0.15, -0.1) is 0 Å². The maximum absolute atomic E-state index is 12.8. The number of hydrogen-bond donors (Lipinski definition) is 0. The van der Waals surface area contributed by atoms with E-state index in [-0.39, 0.29) is 12.1 Å². The number of allylic oxidation sites excluding steroid dienone is 1. The summed E-state index contributed by atoms with van der Waals surface area (Å²) in [5.41, 5.74) is 3.27. The number of benzene rings is 1. The molecule has 1 amide bonds. The van der Waals surface area contributed by atoms with Gasteiger partial charge in [-0.3, -0.25) is 0 Å². The van der Waals surface area contributed by atoms with Crippen LogP contribution in [-0.4, -0.2) is 48.1 Å². The van der Waals surface area contributed by atoms with Crippen LogP contribution in [0.4, 0.5) is 4.79 Å². The second-order valence-electron chi connectivity index (χ2n) is 12.6. The third kappa shape index (κ3) is 3.61. The Hall–Kier alpha value is -1.81. The fraction of sp³-hybridized carbons (Fsp3) is 0.710. The van der Waals surface area contributed by atoms with Gasteiger partial charge in [0.1, 0.15) is 6.61 Å². The van der Waals surface area contributed by atoms with Crippen LogP contribution >= 0.6 is 0 Å². The highest BCUT2D eigenvalue weighted by Gasteiger charge is 2.65. The molecule has 5 aliphatic rings. The van der Waals surface area contributed by atoms with Gasteiger partial charge in [-0.1, -0.05) is 42.0 Å². The lowest BCUT2D eigenvalue weighted by molar-refractivity contribution is -0.0327. The Kier molecular flexibility index (Phi) is 6.02. The quantitative estimate of drug-likeness (QED) is 0.466. The number of carbonyl (C=O) groups excluding carboxylic acids is 1. The maximum atomic E-state index is 12.8. The molecule has 1 heterocycles. The van der Waals surface area contributed by atoms with Gasteiger partial charge in [-0.05, 0) is 113 Å². The molecule has 0 aromatic heterocycles. The number of amides is 1. The van der Waals surface area contributed by atoms with Gasteiger partial charge >= 0.3 is 6.09 Å². The van der Waals surface area contributed by atoms with Crippen LogP contribution in [0.3, 0.4) is 0 Å². The lowest BCUT2D eigenvalue weighted by Crippen LogP contribution is -2.51.